The molecule has 3 heteroatoms. The number of hydrogen-bond acceptors (Lipinski definition) is 2. The summed E-state index contributed by atoms with van der Waals surface area (Å²) in [6, 6.07) is 4.07. The Bertz CT molecular complexity index is 378. The molecule has 14 heavy (non-hydrogen) atoms. The summed E-state index contributed by atoms with van der Waals surface area (Å²) in [5.41, 5.74) is 1.01. The maximum absolute atomic E-state index is 10.8. The van der Waals surface area contributed by atoms with Crippen molar-refractivity contribution in [2.24, 2.45) is 11.8 Å². The van der Waals surface area contributed by atoms with Crippen molar-refractivity contribution in [1.82, 2.24) is 4.98 Å². The molecule has 0 bridgehead atoms. The first-order chi connectivity index (χ1) is 6.83. The van der Waals surface area contributed by atoms with Gasteiger partial charge in [-0.1, -0.05) is 0 Å². The number of anilines is 1. The number of nitrogens with one attached hydrogen (secondary N) is 2. The number of rotatable bonds is 2. The van der Waals surface area contributed by atoms with E-state index in [2.05, 4.69) is 10.3 Å². The Balaban J connectivity index is 1.71. The van der Waals surface area contributed by atoms with Crippen LogP contribution in [0.2, 0.25) is 0 Å². The summed E-state index contributed by atoms with van der Waals surface area (Å²) in [6.45, 7) is 0. The molecule has 3 nitrogen and oxygen atoms in total. The van der Waals surface area contributed by atoms with E-state index in [1.54, 1.807) is 12.3 Å². The molecule has 3 unspecified atom stereocenters. The van der Waals surface area contributed by atoms with Crippen molar-refractivity contribution in [2.45, 2.75) is 25.3 Å². The van der Waals surface area contributed by atoms with E-state index in [-0.39, 0.29) is 5.56 Å². The van der Waals surface area contributed by atoms with E-state index in [1.807, 2.05) is 6.07 Å². The van der Waals surface area contributed by atoms with Gasteiger partial charge in [0.15, 0.2) is 0 Å². The lowest BCUT2D eigenvalue weighted by Gasteiger charge is -2.14. The molecular formula is C11H14N2O. The van der Waals surface area contributed by atoms with Gasteiger partial charge in [-0.25, -0.2) is 0 Å². The Labute approximate surface area is 82.5 Å². The fraction of sp³-hybridized carbons (Fsp3) is 0.545. The number of H-pyrrole nitrogens is 1. The van der Waals surface area contributed by atoms with Crippen LogP contribution in [0.15, 0.2) is 23.1 Å². The van der Waals surface area contributed by atoms with Crippen molar-refractivity contribution in [3.8, 4) is 0 Å². The summed E-state index contributed by atoms with van der Waals surface area (Å²) in [4.78, 5) is 13.5. The van der Waals surface area contributed by atoms with E-state index in [0.29, 0.717) is 6.04 Å². The normalized spacial score (nSPS) is 33.9. The quantitative estimate of drug-likeness (QED) is 0.743. The van der Waals surface area contributed by atoms with Crippen LogP contribution in [0.5, 0.6) is 0 Å². The molecular weight excluding hydrogens is 176 g/mol. The fourth-order valence-corrected chi connectivity index (χ4v) is 2.60. The molecule has 2 aliphatic rings. The first kappa shape index (κ1) is 8.09. The molecule has 0 aliphatic heterocycles. The summed E-state index contributed by atoms with van der Waals surface area (Å²) >= 11 is 0. The Kier molecular flexibility index (Phi) is 1.66. The standard InChI is InChI=1S/C11H14N2O/c14-11-4-2-8(6-12-11)13-10-3-1-7-5-9(7)10/h2,4,6-7,9-10,13H,1,3,5H2,(H,12,14). The van der Waals surface area contributed by atoms with Crippen LogP contribution in [0.1, 0.15) is 19.3 Å². The van der Waals surface area contributed by atoms with Gasteiger partial charge in [-0.2, -0.15) is 0 Å². The van der Waals surface area contributed by atoms with E-state index in [0.717, 1.165) is 17.5 Å². The zero-order chi connectivity index (χ0) is 9.54. The highest BCUT2D eigenvalue weighted by molar-refractivity contribution is 5.41. The highest BCUT2D eigenvalue weighted by atomic mass is 16.1. The molecule has 0 saturated heterocycles. The molecule has 0 amide bonds. The van der Waals surface area contributed by atoms with Crippen LogP contribution < -0.4 is 10.9 Å². The Morgan fingerprint density at radius 2 is 2.29 bits per heavy atom. The number of fused-ring (bicyclic) bond motifs is 1. The molecule has 3 atom stereocenters. The zero-order valence-electron chi connectivity index (χ0n) is 7.99. The average molecular weight is 190 g/mol. The maximum Gasteiger partial charge on any atom is 0.248 e. The molecule has 3 rings (SSSR count). The summed E-state index contributed by atoms with van der Waals surface area (Å²) < 4.78 is 0. The highest BCUT2D eigenvalue weighted by Gasteiger charge is 2.47. The third-order valence-electron chi connectivity index (χ3n) is 3.48. The van der Waals surface area contributed by atoms with Crippen molar-refractivity contribution in [3.05, 3.63) is 28.7 Å². The minimum Gasteiger partial charge on any atom is -0.381 e. The van der Waals surface area contributed by atoms with Gasteiger partial charge >= 0.3 is 0 Å². The van der Waals surface area contributed by atoms with Crippen LogP contribution in [0.25, 0.3) is 0 Å². The molecule has 1 aromatic heterocycles. The molecule has 0 aromatic carbocycles. The van der Waals surface area contributed by atoms with Crippen molar-refractivity contribution in [3.63, 3.8) is 0 Å². The van der Waals surface area contributed by atoms with Gasteiger partial charge in [-0.05, 0) is 37.2 Å². The maximum atomic E-state index is 10.8. The van der Waals surface area contributed by atoms with E-state index >= 15 is 0 Å². The smallest absolute Gasteiger partial charge is 0.248 e. The van der Waals surface area contributed by atoms with Crippen LogP contribution in [-0.4, -0.2) is 11.0 Å². The minimum absolute atomic E-state index is 0.0359. The van der Waals surface area contributed by atoms with Gasteiger partial charge in [0.2, 0.25) is 5.56 Å². The van der Waals surface area contributed by atoms with E-state index in [4.69, 9.17) is 0 Å². The second-order valence-corrected chi connectivity index (χ2v) is 4.43. The molecule has 1 heterocycles. The zero-order valence-corrected chi connectivity index (χ0v) is 7.99. The van der Waals surface area contributed by atoms with E-state index in [9.17, 15) is 4.79 Å². The van der Waals surface area contributed by atoms with Crippen LogP contribution in [0.3, 0.4) is 0 Å². The van der Waals surface area contributed by atoms with Crippen LogP contribution in [-0.2, 0) is 0 Å². The predicted molar refractivity (Wildman–Crippen MR) is 55.3 cm³/mol. The van der Waals surface area contributed by atoms with Gasteiger partial charge in [-0.3, -0.25) is 4.79 Å². The minimum atomic E-state index is -0.0359. The first-order valence-electron chi connectivity index (χ1n) is 5.28. The molecule has 2 fully saturated rings. The Hall–Kier alpha value is -1.25. The third-order valence-corrected chi connectivity index (χ3v) is 3.48. The first-order valence-corrected chi connectivity index (χ1v) is 5.28. The van der Waals surface area contributed by atoms with E-state index in [1.165, 1.54) is 19.3 Å². The molecule has 2 aliphatic carbocycles. The molecule has 2 N–H and O–H groups in total. The average Bonchev–Trinajstić information content (AvgIpc) is 2.88. The summed E-state index contributed by atoms with van der Waals surface area (Å²) in [5.74, 6) is 1.90. The second kappa shape index (κ2) is 2.87. The molecule has 74 valence electrons. The van der Waals surface area contributed by atoms with Crippen molar-refractivity contribution < 1.29 is 0 Å². The van der Waals surface area contributed by atoms with Crippen LogP contribution in [0.4, 0.5) is 5.69 Å². The fourth-order valence-electron chi connectivity index (χ4n) is 2.60. The van der Waals surface area contributed by atoms with Gasteiger partial charge in [-0.15, -0.1) is 0 Å². The number of aromatic amines is 1. The molecule has 2 saturated carbocycles. The summed E-state index contributed by atoms with van der Waals surface area (Å²) in [5, 5.41) is 3.49. The monoisotopic (exact) mass is 190 g/mol. The lowest BCUT2D eigenvalue weighted by Crippen LogP contribution is -2.19. The number of pyridine rings is 1. The van der Waals surface area contributed by atoms with Crippen molar-refractivity contribution >= 4 is 5.69 Å². The van der Waals surface area contributed by atoms with Gasteiger partial charge < -0.3 is 10.3 Å². The summed E-state index contributed by atoms with van der Waals surface area (Å²) in [6.07, 6.45) is 5.83. The molecule has 0 radical (unpaired) electrons. The van der Waals surface area contributed by atoms with Gasteiger partial charge in [0.1, 0.15) is 0 Å². The third kappa shape index (κ3) is 1.33. The van der Waals surface area contributed by atoms with Crippen LogP contribution >= 0.6 is 0 Å². The molecule has 1 aromatic rings. The number of aromatic nitrogens is 1. The lowest BCUT2D eigenvalue weighted by molar-refractivity contribution is 0.654. The SMILES string of the molecule is O=c1ccc(NC2CCC3CC32)c[nH]1. The van der Waals surface area contributed by atoms with Crippen LogP contribution in [0, 0.1) is 11.8 Å². The highest BCUT2D eigenvalue weighted by Crippen LogP contribution is 2.52. The van der Waals surface area contributed by atoms with Crippen molar-refractivity contribution in [2.75, 3.05) is 5.32 Å². The van der Waals surface area contributed by atoms with Crippen molar-refractivity contribution in [1.29, 1.82) is 0 Å². The Morgan fingerprint density at radius 3 is 2.86 bits per heavy atom. The van der Waals surface area contributed by atoms with Gasteiger partial charge in [0.25, 0.3) is 0 Å². The van der Waals surface area contributed by atoms with E-state index < -0.39 is 0 Å². The number of hydrogen-bond donors (Lipinski definition) is 2. The topological polar surface area (TPSA) is 44.9 Å². The molecule has 0 spiro atoms. The second-order valence-electron chi connectivity index (χ2n) is 4.43. The largest absolute Gasteiger partial charge is 0.381 e. The van der Waals surface area contributed by atoms with Gasteiger partial charge in [0, 0.05) is 18.3 Å². The summed E-state index contributed by atoms with van der Waals surface area (Å²) in [7, 11) is 0. The van der Waals surface area contributed by atoms with Gasteiger partial charge in [0.05, 0.1) is 5.69 Å². The lowest BCUT2D eigenvalue weighted by atomic mass is 10.1. The Morgan fingerprint density at radius 1 is 1.36 bits per heavy atom. The predicted octanol–water partition coefficient (Wildman–Crippen LogP) is 1.59.